The summed E-state index contributed by atoms with van der Waals surface area (Å²) in [5, 5.41) is 9.36. The molecule has 0 radical (unpaired) electrons. The van der Waals surface area contributed by atoms with E-state index in [0.29, 0.717) is 54.7 Å². The Hall–Kier alpha value is -4.54. The summed E-state index contributed by atoms with van der Waals surface area (Å²) >= 11 is 0. The minimum atomic E-state index is -0.126. The third-order valence-corrected chi connectivity index (χ3v) is 5.89. The van der Waals surface area contributed by atoms with Gasteiger partial charge in [-0.05, 0) is 42.3 Å². The minimum absolute atomic E-state index is 0.126. The summed E-state index contributed by atoms with van der Waals surface area (Å²) in [6, 6.07) is 11.2. The molecule has 0 spiro atoms. The van der Waals surface area contributed by atoms with Crippen molar-refractivity contribution < 1.29 is 9.59 Å². The number of nitrogens with zero attached hydrogens (tertiary/aromatic N) is 6. The van der Waals surface area contributed by atoms with Crippen LogP contribution in [0, 0.1) is 0 Å². The van der Waals surface area contributed by atoms with Gasteiger partial charge >= 0.3 is 0 Å². The van der Waals surface area contributed by atoms with E-state index in [1.165, 1.54) is 6.92 Å². The Morgan fingerprint density at radius 2 is 1.92 bits per heavy atom. The molecule has 0 unspecified atom stereocenters. The highest BCUT2D eigenvalue weighted by Gasteiger charge is 2.20. The van der Waals surface area contributed by atoms with Crippen molar-refractivity contribution in [1.29, 1.82) is 0 Å². The number of benzene rings is 1. The molecule has 0 atom stereocenters. The van der Waals surface area contributed by atoms with Gasteiger partial charge in [-0.15, -0.1) is 0 Å². The number of pyridine rings is 1. The Kier molecular flexibility index (Phi) is 6.69. The molecule has 0 bridgehead atoms. The number of anilines is 4. The molecule has 1 saturated heterocycles. The van der Waals surface area contributed by atoms with Crippen molar-refractivity contribution in [3.8, 4) is 0 Å². The van der Waals surface area contributed by atoms with Crippen molar-refractivity contribution >= 4 is 46.1 Å². The van der Waals surface area contributed by atoms with Crippen LogP contribution in [-0.4, -0.2) is 54.3 Å². The molecule has 1 aliphatic rings. The van der Waals surface area contributed by atoms with Crippen LogP contribution in [0.3, 0.4) is 0 Å². The van der Waals surface area contributed by atoms with E-state index in [-0.39, 0.29) is 11.8 Å². The smallest absolute Gasteiger partial charge is 0.227 e. The van der Waals surface area contributed by atoms with E-state index < -0.39 is 0 Å². The molecule has 2 amide bonds. The first-order valence-electron chi connectivity index (χ1n) is 11.8. The zero-order chi connectivity index (χ0) is 24.9. The number of amides is 2. The quantitative estimate of drug-likeness (QED) is 0.330. The van der Waals surface area contributed by atoms with Crippen LogP contribution in [0.1, 0.15) is 25.3 Å². The van der Waals surface area contributed by atoms with Crippen LogP contribution in [0.2, 0.25) is 0 Å². The van der Waals surface area contributed by atoms with Crippen molar-refractivity contribution in [2.45, 2.75) is 32.9 Å². The molecular formula is C25H27N9O2. The van der Waals surface area contributed by atoms with Crippen LogP contribution in [0.15, 0.2) is 55.1 Å². The number of carbonyl (C=O) groups excluding carboxylic acids is 2. The number of nitrogens with one attached hydrogen (secondary N) is 3. The first-order chi connectivity index (χ1) is 17.5. The van der Waals surface area contributed by atoms with Gasteiger partial charge in [0.25, 0.3) is 0 Å². The van der Waals surface area contributed by atoms with Crippen molar-refractivity contribution in [2.75, 3.05) is 29.0 Å². The van der Waals surface area contributed by atoms with Gasteiger partial charge in [0.2, 0.25) is 17.8 Å². The number of hydrogen-bond acceptors (Lipinski definition) is 8. The lowest BCUT2D eigenvalue weighted by Crippen LogP contribution is -2.28. The maximum atomic E-state index is 12.0. The number of carbonyl (C=O) groups is 2. The average Bonchev–Trinajstić information content (AvgIpc) is 3.48. The number of imidazole rings is 1. The molecule has 184 valence electrons. The molecule has 11 nitrogen and oxygen atoms in total. The average molecular weight is 486 g/mol. The second kappa shape index (κ2) is 10.4. The molecule has 36 heavy (non-hydrogen) atoms. The molecule has 0 saturated carbocycles. The van der Waals surface area contributed by atoms with Crippen molar-refractivity contribution in [1.82, 2.24) is 29.4 Å². The Bertz CT molecular complexity index is 1370. The summed E-state index contributed by atoms with van der Waals surface area (Å²) in [5.74, 6) is 1.07. The normalized spacial score (nSPS) is 13.2. The molecule has 0 aliphatic carbocycles. The van der Waals surface area contributed by atoms with Crippen molar-refractivity contribution in [2.24, 2.45) is 0 Å². The van der Waals surface area contributed by atoms with Gasteiger partial charge < -0.3 is 25.4 Å². The zero-order valence-corrected chi connectivity index (χ0v) is 19.9. The predicted molar refractivity (Wildman–Crippen MR) is 137 cm³/mol. The van der Waals surface area contributed by atoms with Crippen molar-refractivity contribution in [3.05, 3.63) is 60.7 Å². The fraction of sp³-hybridized carbons (Fsp3) is 0.280. The van der Waals surface area contributed by atoms with Crippen LogP contribution in [0.25, 0.3) is 11.2 Å². The maximum Gasteiger partial charge on any atom is 0.227 e. The van der Waals surface area contributed by atoms with Gasteiger partial charge in [0.1, 0.15) is 0 Å². The van der Waals surface area contributed by atoms with Gasteiger partial charge in [-0.3, -0.25) is 14.6 Å². The molecule has 1 aromatic carbocycles. The maximum absolute atomic E-state index is 12.0. The lowest BCUT2D eigenvalue weighted by molar-refractivity contribution is -0.127. The highest BCUT2D eigenvalue weighted by Crippen LogP contribution is 2.25. The van der Waals surface area contributed by atoms with Crippen LogP contribution in [-0.2, 0) is 22.7 Å². The Morgan fingerprint density at radius 3 is 2.64 bits per heavy atom. The Morgan fingerprint density at radius 1 is 1.08 bits per heavy atom. The molecular weight excluding hydrogens is 458 g/mol. The summed E-state index contributed by atoms with van der Waals surface area (Å²) < 4.78 is 1.95. The molecule has 3 N–H and O–H groups in total. The van der Waals surface area contributed by atoms with Gasteiger partial charge in [-0.2, -0.15) is 9.97 Å². The second-order valence-corrected chi connectivity index (χ2v) is 8.59. The minimum Gasteiger partial charge on any atom is -0.350 e. The Labute approximate surface area is 208 Å². The lowest BCUT2D eigenvalue weighted by atomic mass is 10.2. The molecule has 4 aromatic rings. The standard InChI is InChI=1S/C25H27N9O2/c1-17(35)29-19-6-8-20(9-7-19)30-23-22-24(32-25(31-23)27-15-18-4-2-10-26-14-18)34(16-28-22)13-12-33-11-3-5-21(33)36/h2,4,6-10,14,16H,3,5,11-13,15H2,1H3,(H,29,35)(H2,27,30,31,32). The highest BCUT2D eigenvalue weighted by molar-refractivity contribution is 5.89. The fourth-order valence-electron chi connectivity index (χ4n) is 4.10. The van der Waals surface area contributed by atoms with Crippen molar-refractivity contribution in [3.63, 3.8) is 0 Å². The lowest BCUT2D eigenvalue weighted by Gasteiger charge is -2.16. The van der Waals surface area contributed by atoms with Crippen LogP contribution < -0.4 is 16.0 Å². The molecule has 4 heterocycles. The van der Waals surface area contributed by atoms with Gasteiger partial charge in [0.15, 0.2) is 17.0 Å². The topological polar surface area (TPSA) is 130 Å². The summed E-state index contributed by atoms with van der Waals surface area (Å²) in [6.07, 6.45) is 6.77. The SMILES string of the molecule is CC(=O)Nc1ccc(Nc2nc(NCc3cccnc3)nc3c2ncn3CCN2CCCC2=O)cc1. The molecule has 1 aliphatic heterocycles. The third kappa shape index (κ3) is 5.40. The van der Waals surface area contributed by atoms with Crippen LogP contribution in [0.4, 0.5) is 23.1 Å². The van der Waals surface area contributed by atoms with Gasteiger partial charge in [-0.25, -0.2) is 4.98 Å². The van der Waals surface area contributed by atoms with E-state index in [9.17, 15) is 9.59 Å². The number of rotatable bonds is 9. The molecule has 1 fully saturated rings. The second-order valence-electron chi connectivity index (χ2n) is 8.59. The van der Waals surface area contributed by atoms with Gasteiger partial charge in [0, 0.05) is 63.3 Å². The van der Waals surface area contributed by atoms with E-state index in [4.69, 9.17) is 4.98 Å². The summed E-state index contributed by atoms with van der Waals surface area (Å²) in [5.41, 5.74) is 3.80. The van der Waals surface area contributed by atoms with E-state index in [1.54, 1.807) is 18.7 Å². The summed E-state index contributed by atoms with van der Waals surface area (Å²) in [7, 11) is 0. The van der Waals surface area contributed by atoms with E-state index >= 15 is 0 Å². The highest BCUT2D eigenvalue weighted by atomic mass is 16.2. The van der Waals surface area contributed by atoms with Crippen LogP contribution in [0.5, 0.6) is 0 Å². The number of fused-ring (bicyclic) bond motifs is 1. The summed E-state index contributed by atoms with van der Waals surface area (Å²) in [4.78, 5) is 43.4. The largest absolute Gasteiger partial charge is 0.350 e. The van der Waals surface area contributed by atoms with E-state index in [2.05, 4.69) is 30.9 Å². The number of likely N-dealkylation sites (tertiary alicyclic amines) is 1. The van der Waals surface area contributed by atoms with E-state index in [0.717, 1.165) is 24.2 Å². The predicted octanol–water partition coefficient (Wildman–Crippen LogP) is 3.16. The third-order valence-electron chi connectivity index (χ3n) is 5.89. The number of aromatic nitrogens is 5. The fourth-order valence-corrected chi connectivity index (χ4v) is 4.10. The monoisotopic (exact) mass is 485 g/mol. The number of hydrogen-bond donors (Lipinski definition) is 3. The first-order valence-corrected chi connectivity index (χ1v) is 11.8. The molecule has 3 aromatic heterocycles. The van der Waals surface area contributed by atoms with E-state index in [1.807, 2.05) is 45.9 Å². The molecule has 11 heteroatoms. The molecule has 5 rings (SSSR count). The van der Waals surface area contributed by atoms with Gasteiger partial charge in [0.05, 0.1) is 6.33 Å². The first kappa shape index (κ1) is 23.2. The Balaban J connectivity index is 1.42. The summed E-state index contributed by atoms with van der Waals surface area (Å²) in [6.45, 7) is 3.98. The van der Waals surface area contributed by atoms with Crippen LogP contribution >= 0.6 is 0 Å². The zero-order valence-electron chi connectivity index (χ0n) is 19.9. The van der Waals surface area contributed by atoms with Gasteiger partial charge in [-0.1, -0.05) is 6.07 Å².